The van der Waals surface area contributed by atoms with E-state index in [1.165, 1.54) is 12.1 Å². The van der Waals surface area contributed by atoms with Crippen molar-refractivity contribution in [3.8, 4) is 5.75 Å². The molecule has 5 heteroatoms. The Kier molecular flexibility index (Phi) is 6.39. The molecule has 0 saturated heterocycles. The van der Waals surface area contributed by atoms with Gasteiger partial charge in [0.1, 0.15) is 11.6 Å². The molecule has 0 aliphatic heterocycles. The molecule has 1 heterocycles. The van der Waals surface area contributed by atoms with E-state index in [2.05, 4.69) is 20.5 Å². The Morgan fingerprint density at radius 2 is 1.88 bits per heavy atom. The number of nitrogens with zero attached hydrogens (tertiary/aromatic N) is 3. The van der Waals surface area contributed by atoms with Gasteiger partial charge in [0.05, 0.1) is 13.4 Å². The number of imidazole rings is 1. The molecule has 4 nitrogen and oxygen atoms in total. The van der Waals surface area contributed by atoms with Crippen LogP contribution in [0.3, 0.4) is 0 Å². The van der Waals surface area contributed by atoms with E-state index in [9.17, 15) is 4.39 Å². The van der Waals surface area contributed by atoms with Crippen LogP contribution in [0, 0.1) is 5.82 Å². The van der Waals surface area contributed by atoms with Crippen LogP contribution >= 0.6 is 0 Å². The third-order valence-corrected chi connectivity index (χ3v) is 4.36. The van der Waals surface area contributed by atoms with Gasteiger partial charge in [-0.1, -0.05) is 30.3 Å². The lowest BCUT2D eigenvalue weighted by Crippen LogP contribution is -2.25. The minimum Gasteiger partial charge on any atom is -0.496 e. The van der Waals surface area contributed by atoms with E-state index < -0.39 is 0 Å². The molecule has 0 aliphatic carbocycles. The summed E-state index contributed by atoms with van der Waals surface area (Å²) in [6.45, 7) is 3.40. The summed E-state index contributed by atoms with van der Waals surface area (Å²) >= 11 is 0. The molecule has 0 radical (unpaired) electrons. The summed E-state index contributed by atoms with van der Waals surface area (Å²) < 4.78 is 20.8. The minimum atomic E-state index is -0.204. The topological polar surface area (TPSA) is 30.3 Å². The highest BCUT2D eigenvalue weighted by atomic mass is 19.1. The second-order valence-electron chi connectivity index (χ2n) is 6.30. The van der Waals surface area contributed by atoms with Gasteiger partial charge in [-0.3, -0.25) is 4.90 Å². The van der Waals surface area contributed by atoms with Crippen LogP contribution in [0.25, 0.3) is 0 Å². The summed E-state index contributed by atoms with van der Waals surface area (Å²) in [5.41, 5.74) is 2.25. The summed E-state index contributed by atoms with van der Waals surface area (Å²) in [5, 5.41) is 0. The second-order valence-corrected chi connectivity index (χ2v) is 6.30. The lowest BCUT2D eigenvalue weighted by molar-refractivity contribution is 0.244. The third kappa shape index (κ3) is 5.17. The smallest absolute Gasteiger partial charge is 0.123 e. The molecule has 3 rings (SSSR count). The Hall–Kier alpha value is -2.66. The van der Waals surface area contributed by atoms with Crippen LogP contribution in [0.4, 0.5) is 4.39 Å². The molecule has 2 aromatic carbocycles. The van der Waals surface area contributed by atoms with Crippen LogP contribution < -0.4 is 4.74 Å². The first-order chi connectivity index (χ1) is 12.7. The van der Waals surface area contributed by atoms with E-state index in [1.807, 2.05) is 42.9 Å². The van der Waals surface area contributed by atoms with Crippen LogP contribution in [0.1, 0.15) is 17.5 Å². The molecule has 0 unspecified atom stereocenters. The van der Waals surface area contributed by atoms with Gasteiger partial charge < -0.3 is 9.30 Å². The van der Waals surface area contributed by atoms with Gasteiger partial charge in [-0.2, -0.15) is 0 Å². The molecule has 0 fully saturated rings. The van der Waals surface area contributed by atoms with Crippen molar-refractivity contribution in [2.24, 2.45) is 0 Å². The van der Waals surface area contributed by atoms with E-state index in [4.69, 9.17) is 4.74 Å². The maximum absolute atomic E-state index is 13.2. The highest BCUT2D eigenvalue weighted by molar-refractivity contribution is 5.33. The maximum atomic E-state index is 13.2. The summed E-state index contributed by atoms with van der Waals surface area (Å²) in [7, 11) is 1.70. The van der Waals surface area contributed by atoms with Crippen molar-refractivity contribution in [1.29, 1.82) is 0 Å². The zero-order valence-electron chi connectivity index (χ0n) is 15.0. The first-order valence-electron chi connectivity index (χ1n) is 8.79. The van der Waals surface area contributed by atoms with Crippen LogP contribution in [-0.2, 0) is 19.6 Å². The van der Waals surface area contributed by atoms with Gasteiger partial charge in [0.25, 0.3) is 0 Å². The van der Waals surface area contributed by atoms with Crippen molar-refractivity contribution in [1.82, 2.24) is 14.5 Å². The molecule has 0 bridgehead atoms. The molecule has 0 aliphatic rings. The van der Waals surface area contributed by atoms with Gasteiger partial charge >= 0.3 is 0 Å². The number of aromatic nitrogens is 2. The van der Waals surface area contributed by atoms with Gasteiger partial charge in [0, 0.05) is 44.1 Å². The number of benzene rings is 2. The second kappa shape index (κ2) is 9.15. The van der Waals surface area contributed by atoms with Crippen LogP contribution in [-0.4, -0.2) is 28.1 Å². The standard InChI is InChI=1S/C21H24FN3O/c1-26-21-6-3-2-5-19(21)16-25(13-4-12-24-14-11-23-17-24)15-18-7-9-20(22)10-8-18/h2-3,5-11,14,17H,4,12-13,15-16H2,1H3. The number of ether oxygens (including phenoxy) is 1. The molecular weight excluding hydrogens is 329 g/mol. The molecule has 0 saturated carbocycles. The molecule has 0 atom stereocenters. The molecule has 26 heavy (non-hydrogen) atoms. The van der Waals surface area contributed by atoms with Crippen LogP contribution in [0.2, 0.25) is 0 Å². The SMILES string of the molecule is COc1ccccc1CN(CCCn1ccnc1)Cc1ccc(F)cc1. The monoisotopic (exact) mass is 353 g/mol. The Morgan fingerprint density at radius 3 is 2.62 bits per heavy atom. The van der Waals surface area contributed by atoms with Crippen molar-refractivity contribution >= 4 is 0 Å². The molecule has 0 amide bonds. The molecule has 136 valence electrons. The quantitative estimate of drug-likeness (QED) is 0.580. The zero-order chi connectivity index (χ0) is 18.2. The van der Waals surface area contributed by atoms with Gasteiger partial charge in [0.15, 0.2) is 0 Å². The summed E-state index contributed by atoms with van der Waals surface area (Å²) in [5.74, 6) is 0.691. The van der Waals surface area contributed by atoms with Crippen molar-refractivity contribution in [3.63, 3.8) is 0 Å². The minimum absolute atomic E-state index is 0.204. The fourth-order valence-corrected chi connectivity index (χ4v) is 3.03. The number of para-hydroxylation sites is 1. The third-order valence-electron chi connectivity index (χ3n) is 4.36. The van der Waals surface area contributed by atoms with Crippen molar-refractivity contribution in [3.05, 3.63) is 84.2 Å². The first kappa shape index (κ1) is 18.1. The van der Waals surface area contributed by atoms with E-state index in [-0.39, 0.29) is 5.82 Å². The first-order valence-corrected chi connectivity index (χ1v) is 8.79. The lowest BCUT2D eigenvalue weighted by atomic mass is 10.1. The Labute approximate surface area is 153 Å². The number of hydrogen-bond donors (Lipinski definition) is 0. The molecule has 1 aromatic heterocycles. The highest BCUT2D eigenvalue weighted by Crippen LogP contribution is 2.20. The highest BCUT2D eigenvalue weighted by Gasteiger charge is 2.11. The average molecular weight is 353 g/mol. The predicted octanol–water partition coefficient (Wildman–Crippen LogP) is 4.12. The van der Waals surface area contributed by atoms with Crippen molar-refractivity contribution in [2.45, 2.75) is 26.1 Å². The molecule has 0 N–H and O–H groups in total. The number of halogens is 1. The van der Waals surface area contributed by atoms with E-state index in [1.54, 1.807) is 13.3 Å². The van der Waals surface area contributed by atoms with Crippen molar-refractivity contribution in [2.75, 3.05) is 13.7 Å². The fraction of sp³-hybridized carbons (Fsp3) is 0.286. The van der Waals surface area contributed by atoms with E-state index in [0.717, 1.165) is 49.5 Å². The van der Waals surface area contributed by atoms with Gasteiger partial charge in [-0.25, -0.2) is 9.37 Å². The lowest BCUT2D eigenvalue weighted by Gasteiger charge is -2.23. The van der Waals surface area contributed by atoms with Crippen LogP contribution in [0.5, 0.6) is 5.75 Å². The number of methoxy groups -OCH3 is 1. The van der Waals surface area contributed by atoms with Gasteiger partial charge in [-0.05, 0) is 30.2 Å². The largest absolute Gasteiger partial charge is 0.496 e. The fourth-order valence-electron chi connectivity index (χ4n) is 3.03. The van der Waals surface area contributed by atoms with Crippen LogP contribution in [0.15, 0.2) is 67.3 Å². The number of rotatable bonds is 9. The summed E-state index contributed by atoms with van der Waals surface area (Å²) in [6.07, 6.45) is 6.62. The number of aryl methyl sites for hydroxylation is 1. The predicted molar refractivity (Wildman–Crippen MR) is 100 cm³/mol. The van der Waals surface area contributed by atoms with E-state index >= 15 is 0 Å². The normalized spacial score (nSPS) is 11.0. The van der Waals surface area contributed by atoms with Gasteiger partial charge in [0.2, 0.25) is 0 Å². The summed E-state index contributed by atoms with van der Waals surface area (Å²) in [6, 6.07) is 14.8. The van der Waals surface area contributed by atoms with Gasteiger partial charge in [-0.15, -0.1) is 0 Å². The maximum Gasteiger partial charge on any atom is 0.123 e. The summed E-state index contributed by atoms with van der Waals surface area (Å²) in [4.78, 5) is 6.45. The Bertz CT molecular complexity index is 787. The Balaban J connectivity index is 1.68. The van der Waals surface area contributed by atoms with Crippen molar-refractivity contribution < 1.29 is 9.13 Å². The zero-order valence-corrected chi connectivity index (χ0v) is 15.0. The molecular formula is C21H24FN3O. The molecule has 0 spiro atoms. The Morgan fingerprint density at radius 1 is 1.08 bits per heavy atom. The average Bonchev–Trinajstić information content (AvgIpc) is 3.17. The van der Waals surface area contributed by atoms with E-state index in [0.29, 0.717) is 0 Å². The number of hydrogen-bond acceptors (Lipinski definition) is 3. The molecule has 3 aromatic rings.